The molecule has 1 atom stereocenters. The van der Waals surface area contributed by atoms with Gasteiger partial charge in [0.1, 0.15) is 0 Å². The molecule has 0 spiro atoms. The van der Waals surface area contributed by atoms with Gasteiger partial charge in [-0.25, -0.2) is 4.39 Å². The van der Waals surface area contributed by atoms with Crippen molar-refractivity contribution in [3.8, 4) is 0 Å². The zero-order chi connectivity index (χ0) is 14.1. The third-order valence-corrected chi connectivity index (χ3v) is 2.30. The SMILES string of the molecule is O=C(Cl)c1cccc(C(F)(F)C(F)C(F)(F)F)c1. The van der Waals surface area contributed by atoms with Crippen LogP contribution in [0.1, 0.15) is 15.9 Å². The maximum Gasteiger partial charge on any atom is 0.426 e. The molecule has 18 heavy (non-hydrogen) atoms. The normalized spacial score (nSPS) is 14.4. The number of hydrogen-bond acceptors (Lipinski definition) is 1. The number of halogens is 7. The average molecular weight is 291 g/mol. The second-order valence-corrected chi connectivity index (χ2v) is 3.72. The monoisotopic (exact) mass is 290 g/mol. The predicted molar refractivity (Wildman–Crippen MR) is 51.5 cm³/mol. The highest BCUT2D eigenvalue weighted by Crippen LogP contribution is 2.42. The topological polar surface area (TPSA) is 17.1 Å². The molecule has 0 aliphatic heterocycles. The highest BCUT2D eigenvalue weighted by molar-refractivity contribution is 6.67. The summed E-state index contributed by atoms with van der Waals surface area (Å²) in [5.41, 5.74) is -1.71. The van der Waals surface area contributed by atoms with E-state index >= 15 is 0 Å². The van der Waals surface area contributed by atoms with E-state index in [9.17, 15) is 31.1 Å². The third kappa shape index (κ3) is 2.95. The Bertz CT molecular complexity index is 456. The number of benzene rings is 1. The maximum absolute atomic E-state index is 13.2. The van der Waals surface area contributed by atoms with Crippen LogP contribution in [0.15, 0.2) is 24.3 Å². The van der Waals surface area contributed by atoms with E-state index in [0.29, 0.717) is 12.1 Å². The van der Waals surface area contributed by atoms with Gasteiger partial charge in [0, 0.05) is 11.1 Å². The van der Waals surface area contributed by atoms with E-state index in [2.05, 4.69) is 0 Å². The zero-order valence-electron chi connectivity index (χ0n) is 8.44. The minimum absolute atomic E-state index is 0.424. The number of carbonyl (C=O) groups excluding carboxylic acids is 1. The number of carbonyl (C=O) groups is 1. The quantitative estimate of drug-likeness (QED) is 0.606. The van der Waals surface area contributed by atoms with Gasteiger partial charge in [-0.3, -0.25) is 4.79 Å². The molecule has 1 rings (SSSR count). The summed E-state index contributed by atoms with van der Waals surface area (Å²) in [6.45, 7) is 0. The Kier molecular flexibility index (Phi) is 3.95. The standard InChI is InChI=1S/C10H5ClF6O/c11-7(18)5-2-1-3-6(4-5)9(13,14)8(12)10(15,16)17/h1-4,8H. The minimum Gasteiger partial charge on any atom is -0.276 e. The van der Waals surface area contributed by atoms with Crippen molar-refractivity contribution in [3.63, 3.8) is 0 Å². The summed E-state index contributed by atoms with van der Waals surface area (Å²) in [6.07, 6.45) is -10.1. The molecule has 1 aromatic rings. The van der Waals surface area contributed by atoms with Gasteiger partial charge in [0.05, 0.1) is 0 Å². The fourth-order valence-electron chi connectivity index (χ4n) is 1.20. The minimum atomic E-state index is -5.70. The Morgan fingerprint density at radius 1 is 1.17 bits per heavy atom. The van der Waals surface area contributed by atoms with Crippen LogP contribution in [-0.2, 0) is 5.92 Å². The Labute approximate surface area is 102 Å². The molecule has 0 saturated heterocycles. The molecule has 100 valence electrons. The van der Waals surface area contributed by atoms with Crippen molar-refractivity contribution >= 4 is 16.8 Å². The molecule has 0 amide bonds. The maximum atomic E-state index is 13.2. The first kappa shape index (κ1) is 14.8. The second-order valence-electron chi connectivity index (χ2n) is 3.38. The predicted octanol–water partition coefficient (Wildman–Crippen LogP) is 4.06. The van der Waals surface area contributed by atoms with Crippen molar-refractivity contribution in [2.24, 2.45) is 0 Å². The van der Waals surface area contributed by atoms with Gasteiger partial charge in [0.2, 0.25) is 0 Å². The van der Waals surface area contributed by atoms with Crippen molar-refractivity contribution < 1.29 is 31.1 Å². The first-order valence-electron chi connectivity index (χ1n) is 4.45. The number of rotatable bonds is 3. The largest absolute Gasteiger partial charge is 0.426 e. The molecule has 0 aromatic heterocycles. The second kappa shape index (κ2) is 4.79. The lowest BCUT2D eigenvalue weighted by atomic mass is 10.0. The lowest BCUT2D eigenvalue weighted by Gasteiger charge is -2.23. The summed E-state index contributed by atoms with van der Waals surface area (Å²) in [6, 6.07) is 2.92. The molecule has 0 saturated carbocycles. The highest BCUT2D eigenvalue weighted by Gasteiger charge is 2.57. The summed E-state index contributed by atoms with van der Waals surface area (Å²) in [5.74, 6) is -4.79. The van der Waals surface area contributed by atoms with E-state index < -0.39 is 34.6 Å². The molecule has 0 N–H and O–H groups in total. The van der Waals surface area contributed by atoms with Crippen LogP contribution in [0.2, 0.25) is 0 Å². The molecule has 1 nitrogen and oxygen atoms in total. The fraction of sp³-hybridized carbons (Fsp3) is 0.300. The van der Waals surface area contributed by atoms with Crippen LogP contribution < -0.4 is 0 Å². The zero-order valence-corrected chi connectivity index (χ0v) is 9.20. The molecule has 0 radical (unpaired) electrons. The summed E-state index contributed by atoms with van der Waals surface area (Å²) in [4.78, 5) is 10.7. The van der Waals surface area contributed by atoms with Gasteiger partial charge < -0.3 is 0 Å². The number of alkyl halides is 6. The average Bonchev–Trinajstić information content (AvgIpc) is 2.27. The summed E-state index contributed by atoms with van der Waals surface area (Å²) in [7, 11) is 0. The molecule has 0 aliphatic carbocycles. The molecule has 0 bridgehead atoms. The molecule has 8 heteroatoms. The molecule has 0 heterocycles. The summed E-state index contributed by atoms with van der Waals surface area (Å²) >= 11 is 4.99. The van der Waals surface area contributed by atoms with Crippen LogP contribution in [0.4, 0.5) is 26.3 Å². The Morgan fingerprint density at radius 3 is 2.17 bits per heavy atom. The molecular weight excluding hydrogens is 286 g/mol. The Morgan fingerprint density at radius 2 is 1.72 bits per heavy atom. The molecule has 1 aromatic carbocycles. The summed E-state index contributed by atoms with van der Waals surface area (Å²) < 4.78 is 75.0. The van der Waals surface area contributed by atoms with Crippen LogP contribution in [-0.4, -0.2) is 17.6 Å². The van der Waals surface area contributed by atoms with Crippen LogP contribution in [0.5, 0.6) is 0 Å². The van der Waals surface area contributed by atoms with E-state index in [1.165, 1.54) is 0 Å². The fourth-order valence-corrected chi connectivity index (χ4v) is 1.32. The Hall–Kier alpha value is -1.24. The van der Waals surface area contributed by atoms with E-state index in [4.69, 9.17) is 11.6 Å². The van der Waals surface area contributed by atoms with E-state index in [1.807, 2.05) is 0 Å². The molecular formula is C10H5ClF6O. The molecule has 1 unspecified atom stereocenters. The van der Waals surface area contributed by atoms with Gasteiger partial charge in [-0.15, -0.1) is 0 Å². The Balaban J connectivity index is 3.20. The van der Waals surface area contributed by atoms with Gasteiger partial charge in [-0.2, -0.15) is 22.0 Å². The van der Waals surface area contributed by atoms with Crippen molar-refractivity contribution in [2.75, 3.05) is 0 Å². The van der Waals surface area contributed by atoms with Gasteiger partial charge in [-0.05, 0) is 17.7 Å². The van der Waals surface area contributed by atoms with Crippen LogP contribution in [0, 0.1) is 0 Å². The van der Waals surface area contributed by atoms with Crippen molar-refractivity contribution in [2.45, 2.75) is 18.3 Å². The van der Waals surface area contributed by atoms with Gasteiger partial charge in [0.25, 0.3) is 11.4 Å². The third-order valence-electron chi connectivity index (χ3n) is 2.08. The van der Waals surface area contributed by atoms with Crippen molar-refractivity contribution in [1.29, 1.82) is 0 Å². The summed E-state index contributed by atoms with van der Waals surface area (Å²) in [5, 5.41) is -1.13. The van der Waals surface area contributed by atoms with Crippen LogP contribution in [0.3, 0.4) is 0 Å². The van der Waals surface area contributed by atoms with Gasteiger partial charge in [-0.1, -0.05) is 18.2 Å². The lowest BCUT2D eigenvalue weighted by Crippen LogP contribution is -2.39. The van der Waals surface area contributed by atoms with E-state index in [-0.39, 0.29) is 0 Å². The first-order chi connectivity index (χ1) is 8.06. The van der Waals surface area contributed by atoms with Crippen LogP contribution in [0.25, 0.3) is 0 Å². The van der Waals surface area contributed by atoms with Crippen molar-refractivity contribution in [3.05, 3.63) is 35.4 Å². The highest BCUT2D eigenvalue weighted by atomic mass is 35.5. The van der Waals surface area contributed by atoms with Gasteiger partial charge >= 0.3 is 12.1 Å². The molecule has 0 fully saturated rings. The van der Waals surface area contributed by atoms with Crippen LogP contribution >= 0.6 is 11.6 Å². The van der Waals surface area contributed by atoms with Gasteiger partial charge in [0.15, 0.2) is 0 Å². The lowest BCUT2D eigenvalue weighted by molar-refractivity contribution is -0.248. The number of hydrogen-bond donors (Lipinski definition) is 0. The van der Waals surface area contributed by atoms with E-state index in [0.717, 1.165) is 12.1 Å². The van der Waals surface area contributed by atoms with Crippen molar-refractivity contribution in [1.82, 2.24) is 0 Å². The molecule has 0 aliphatic rings. The smallest absolute Gasteiger partial charge is 0.276 e. The van der Waals surface area contributed by atoms with E-state index in [1.54, 1.807) is 0 Å². The first-order valence-corrected chi connectivity index (χ1v) is 4.83.